The lowest BCUT2D eigenvalue weighted by Gasteiger charge is -2.25. The van der Waals surface area contributed by atoms with Crippen molar-refractivity contribution >= 4 is 5.91 Å². The van der Waals surface area contributed by atoms with E-state index in [0.717, 1.165) is 0 Å². The molecule has 1 unspecified atom stereocenters. The highest BCUT2D eigenvalue weighted by Gasteiger charge is 2.24. The topological polar surface area (TPSA) is 69.6 Å². The van der Waals surface area contributed by atoms with Crippen LogP contribution in [0.25, 0.3) is 0 Å². The zero-order valence-corrected chi connectivity index (χ0v) is 8.10. The number of aliphatic hydroxyl groups excluding tert-OH is 2. The van der Waals surface area contributed by atoms with E-state index in [2.05, 4.69) is 17.8 Å². The van der Waals surface area contributed by atoms with E-state index >= 15 is 0 Å². The summed E-state index contributed by atoms with van der Waals surface area (Å²) in [6.07, 6.45) is 4.32. The molecule has 4 nitrogen and oxygen atoms in total. The molecule has 0 saturated heterocycles. The largest absolute Gasteiger partial charge is 0.390 e. The quantitative estimate of drug-likeness (QED) is 0.408. The van der Waals surface area contributed by atoms with Crippen LogP contribution in [0.2, 0.25) is 0 Å². The van der Waals surface area contributed by atoms with Crippen LogP contribution in [0.4, 0.5) is 0 Å². The Morgan fingerprint density at radius 3 is 2.64 bits per heavy atom. The Hall–Kier alpha value is -1.31. The van der Waals surface area contributed by atoms with Crippen molar-refractivity contribution in [2.45, 2.75) is 31.6 Å². The summed E-state index contributed by atoms with van der Waals surface area (Å²) >= 11 is 0. The van der Waals surface area contributed by atoms with Crippen LogP contribution in [0.1, 0.15) is 13.3 Å². The van der Waals surface area contributed by atoms with Crippen molar-refractivity contribution in [3.63, 3.8) is 0 Å². The second-order valence-electron chi connectivity index (χ2n) is 2.93. The lowest BCUT2D eigenvalue weighted by molar-refractivity contribution is -0.121. The van der Waals surface area contributed by atoms with Gasteiger partial charge >= 0.3 is 0 Å². The third-order valence-electron chi connectivity index (χ3n) is 1.72. The predicted molar refractivity (Wildman–Crippen MR) is 53.3 cm³/mol. The molecule has 0 saturated carbocycles. The second kappa shape index (κ2) is 6.19. The average Bonchev–Trinajstić information content (AvgIpc) is 2.13. The van der Waals surface area contributed by atoms with E-state index in [1.54, 1.807) is 0 Å². The van der Waals surface area contributed by atoms with E-state index < -0.39 is 18.2 Å². The Bertz CT molecular complexity index is 244. The fraction of sp³-hybridized carbons (Fsp3) is 0.500. The van der Waals surface area contributed by atoms with Gasteiger partial charge in [0.1, 0.15) is 0 Å². The number of rotatable bonds is 5. The van der Waals surface area contributed by atoms with E-state index in [9.17, 15) is 15.0 Å². The van der Waals surface area contributed by atoms with Crippen molar-refractivity contribution in [1.29, 1.82) is 0 Å². The van der Waals surface area contributed by atoms with Crippen LogP contribution >= 0.6 is 0 Å². The Morgan fingerprint density at radius 1 is 1.71 bits per heavy atom. The fourth-order valence-electron chi connectivity index (χ4n) is 1.04. The Morgan fingerprint density at radius 2 is 2.29 bits per heavy atom. The van der Waals surface area contributed by atoms with Gasteiger partial charge in [-0.25, -0.2) is 0 Å². The molecule has 3 N–H and O–H groups in total. The molecule has 78 valence electrons. The summed E-state index contributed by atoms with van der Waals surface area (Å²) < 4.78 is 0. The molecule has 0 aliphatic rings. The lowest BCUT2D eigenvalue weighted by atomic mass is 10.0. The minimum atomic E-state index is -1.01. The molecule has 4 heteroatoms. The summed E-state index contributed by atoms with van der Waals surface area (Å²) in [5.41, 5.74) is 0. The molecule has 14 heavy (non-hydrogen) atoms. The first kappa shape index (κ1) is 12.7. The maximum Gasteiger partial charge on any atom is 0.217 e. The molecule has 0 rings (SSSR count). The van der Waals surface area contributed by atoms with Gasteiger partial charge in [-0.05, 0) is 0 Å². The monoisotopic (exact) mass is 197 g/mol. The zero-order chi connectivity index (χ0) is 11.1. The number of aliphatic hydroxyl groups is 2. The van der Waals surface area contributed by atoms with E-state index in [1.807, 2.05) is 0 Å². The van der Waals surface area contributed by atoms with Crippen molar-refractivity contribution in [3.8, 4) is 12.3 Å². The molecule has 0 heterocycles. The zero-order valence-electron chi connectivity index (χ0n) is 8.10. The van der Waals surface area contributed by atoms with Gasteiger partial charge in [0.25, 0.3) is 0 Å². The first-order valence-corrected chi connectivity index (χ1v) is 4.22. The summed E-state index contributed by atoms with van der Waals surface area (Å²) in [6.45, 7) is 4.66. The van der Waals surface area contributed by atoms with Gasteiger partial charge in [-0.1, -0.05) is 6.08 Å². The van der Waals surface area contributed by atoms with Gasteiger partial charge < -0.3 is 15.5 Å². The third kappa shape index (κ3) is 4.08. The lowest BCUT2D eigenvalue weighted by Crippen LogP contribution is -2.49. The SMILES string of the molecule is C#CC[C@@H](O)[C@@H](NC(C)=O)C(O)C=C. The molecule has 0 spiro atoms. The number of carbonyl (C=O) groups excluding carboxylic acids is 1. The molecule has 0 fully saturated rings. The normalized spacial score (nSPS) is 16.1. The van der Waals surface area contributed by atoms with E-state index in [-0.39, 0.29) is 12.3 Å². The molecular formula is C10H15NO3. The van der Waals surface area contributed by atoms with Crippen molar-refractivity contribution in [3.05, 3.63) is 12.7 Å². The summed E-state index contributed by atoms with van der Waals surface area (Å²) in [7, 11) is 0. The number of carbonyl (C=O) groups is 1. The maximum atomic E-state index is 10.8. The van der Waals surface area contributed by atoms with Crippen LogP contribution in [0.15, 0.2) is 12.7 Å². The molecule has 0 aromatic carbocycles. The van der Waals surface area contributed by atoms with E-state index in [4.69, 9.17) is 6.42 Å². The van der Waals surface area contributed by atoms with Crippen molar-refractivity contribution in [1.82, 2.24) is 5.32 Å². The Balaban J connectivity index is 4.46. The highest BCUT2D eigenvalue weighted by Crippen LogP contribution is 2.04. The van der Waals surface area contributed by atoms with Crippen LogP contribution in [0.5, 0.6) is 0 Å². The summed E-state index contributed by atoms with van der Waals surface area (Å²) in [6, 6.07) is -0.805. The molecule has 0 aliphatic heterocycles. The Labute approximate surface area is 83.6 Å². The molecule has 1 amide bonds. The minimum absolute atomic E-state index is 0.0653. The van der Waals surface area contributed by atoms with Crippen LogP contribution < -0.4 is 5.32 Å². The van der Waals surface area contributed by atoms with Crippen molar-refractivity contribution in [2.75, 3.05) is 0 Å². The Kier molecular flexibility index (Phi) is 5.61. The first-order valence-electron chi connectivity index (χ1n) is 4.22. The standard InChI is InChI=1S/C10H15NO3/c1-4-6-9(14)10(8(13)5-2)11-7(3)12/h1,5,8-10,13-14H,2,6H2,3H3,(H,11,12)/t8?,9-,10+/m1/s1. The van der Waals surface area contributed by atoms with Gasteiger partial charge in [0, 0.05) is 13.3 Å². The van der Waals surface area contributed by atoms with Gasteiger partial charge in [-0.15, -0.1) is 18.9 Å². The summed E-state index contributed by atoms with van der Waals surface area (Å²) in [4.78, 5) is 10.8. The highest BCUT2D eigenvalue weighted by atomic mass is 16.3. The smallest absolute Gasteiger partial charge is 0.217 e. The molecular weight excluding hydrogens is 182 g/mol. The predicted octanol–water partition coefficient (Wildman–Crippen LogP) is -0.578. The van der Waals surface area contributed by atoms with Crippen molar-refractivity contribution < 1.29 is 15.0 Å². The van der Waals surface area contributed by atoms with Crippen LogP contribution in [0, 0.1) is 12.3 Å². The molecule has 0 aromatic heterocycles. The van der Waals surface area contributed by atoms with Gasteiger partial charge in [-0.2, -0.15) is 0 Å². The maximum absolute atomic E-state index is 10.8. The molecule has 0 aromatic rings. The highest BCUT2D eigenvalue weighted by molar-refractivity contribution is 5.73. The number of hydrogen-bond acceptors (Lipinski definition) is 3. The molecule has 0 aliphatic carbocycles. The number of nitrogens with one attached hydrogen (secondary N) is 1. The average molecular weight is 197 g/mol. The van der Waals surface area contributed by atoms with Crippen LogP contribution in [0.3, 0.4) is 0 Å². The second-order valence-corrected chi connectivity index (χ2v) is 2.93. The first-order chi connectivity index (χ1) is 6.52. The summed E-state index contributed by atoms with van der Waals surface area (Å²) in [5.74, 6) is 1.91. The van der Waals surface area contributed by atoms with E-state index in [1.165, 1.54) is 13.0 Å². The van der Waals surface area contributed by atoms with Gasteiger partial charge in [0.05, 0.1) is 18.2 Å². The molecule has 0 radical (unpaired) electrons. The molecule has 0 bridgehead atoms. The van der Waals surface area contributed by atoms with Crippen LogP contribution in [-0.2, 0) is 4.79 Å². The van der Waals surface area contributed by atoms with Gasteiger partial charge in [0.2, 0.25) is 5.91 Å². The minimum Gasteiger partial charge on any atom is -0.390 e. The fourth-order valence-corrected chi connectivity index (χ4v) is 1.04. The molecule has 3 atom stereocenters. The van der Waals surface area contributed by atoms with Crippen molar-refractivity contribution in [2.24, 2.45) is 0 Å². The van der Waals surface area contributed by atoms with E-state index in [0.29, 0.717) is 0 Å². The number of terminal acetylenes is 1. The summed E-state index contributed by atoms with van der Waals surface area (Å²) in [5, 5.41) is 21.3. The van der Waals surface area contributed by atoms with Gasteiger partial charge in [0.15, 0.2) is 0 Å². The van der Waals surface area contributed by atoms with Crippen LogP contribution in [-0.4, -0.2) is 34.4 Å². The van der Waals surface area contributed by atoms with Gasteiger partial charge in [-0.3, -0.25) is 4.79 Å². The number of amides is 1. The number of hydrogen-bond donors (Lipinski definition) is 3. The third-order valence-corrected chi connectivity index (χ3v) is 1.72.